The van der Waals surface area contributed by atoms with Gasteiger partial charge in [-0.3, -0.25) is 19.2 Å². The van der Waals surface area contributed by atoms with Gasteiger partial charge in [-0.05, 0) is 110 Å². The zero-order chi connectivity index (χ0) is 46.8. The molecule has 1 aromatic heterocycles. The molecule has 2 saturated heterocycles. The number of rotatable bonds is 10. The molecule has 4 aromatic carbocycles. The summed E-state index contributed by atoms with van der Waals surface area (Å²) in [5.74, 6) is -1.03. The highest BCUT2D eigenvalue weighted by molar-refractivity contribution is 6.31. The molecule has 3 aliphatic heterocycles. The first-order valence-electron chi connectivity index (χ1n) is 23.0. The maximum atomic E-state index is 15.3. The lowest BCUT2D eigenvalue weighted by atomic mass is 9.80. The number of carbonyl (C=O) groups is 4. The number of hydrogen-bond donors (Lipinski definition) is 4. The third-order valence-corrected chi connectivity index (χ3v) is 14.4. The highest BCUT2D eigenvalue weighted by Crippen LogP contribution is 2.42. The smallest absolute Gasteiger partial charge is 0.245 e. The van der Waals surface area contributed by atoms with Gasteiger partial charge in [-0.2, -0.15) is 0 Å². The molecule has 0 radical (unpaired) electrons. The van der Waals surface area contributed by atoms with Crippen molar-refractivity contribution in [1.29, 1.82) is 0 Å². The number of aromatic nitrogens is 2. The molecule has 4 heterocycles. The third-order valence-electron chi connectivity index (χ3n) is 13.9. The predicted molar refractivity (Wildman–Crippen MR) is 257 cm³/mol. The van der Waals surface area contributed by atoms with E-state index in [9.17, 15) is 14.7 Å². The molecule has 13 nitrogen and oxygen atoms in total. The van der Waals surface area contributed by atoms with Gasteiger partial charge in [-0.25, -0.2) is 4.98 Å². The summed E-state index contributed by atoms with van der Waals surface area (Å²) in [5.41, 5.74) is 5.77. The van der Waals surface area contributed by atoms with E-state index < -0.39 is 47.9 Å². The monoisotopic (exact) mass is 943 g/mol. The second-order valence-electron chi connectivity index (χ2n) is 18.3. The fraction of sp³-hybridized carbons (Fsp3) is 0.365. The Bertz CT molecular complexity index is 2710. The van der Waals surface area contributed by atoms with Gasteiger partial charge >= 0.3 is 0 Å². The second kappa shape index (κ2) is 19.7. The normalized spacial score (nSPS) is 23.6. The van der Waals surface area contributed by atoms with Gasteiger partial charge in [-0.15, -0.1) is 0 Å². The van der Waals surface area contributed by atoms with Crippen molar-refractivity contribution in [2.24, 2.45) is 13.0 Å². The Labute approximate surface area is 400 Å². The van der Waals surface area contributed by atoms with Crippen molar-refractivity contribution in [1.82, 2.24) is 35.3 Å². The van der Waals surface area contributed by atoms with Gasteiger partial charge < -0.3 is 40.2 Å². The van der Waals surface area contributed by atoms with Crippen molar-refractivity contribution in [2.75, 3.05) is 32.8 Å². The number of ether oxygens (including phenoxy) is 1. The van der Waals surface area contributed by atoms with Crippen LogP contribution in [0.5, 0.6) is 11.5 Å². The first-order valence-corrected chi connectivity index (χ1v) is 23.8. The number of amides is 4. The molecule has 5 aromatic rings. The number of nitrogens with one attached hydrogen (secondary N) is 3. The maximum absolute atomic E-state index is 15.3. The standard InChI is InChI=1S/C52H55Cl2N7O6/c1-32-49(64)57-44(30-62)50(65)58-52(26-33-8-14-38(53)15-9-33)21-5-23-60(31-52)51(66)43(42-19-13-34-6-3-4-7-41(34)42)25-47(63)61(32)29-37-10-16-39(54)24-46(37)67-40-17-11-35(12-18-40)45-28-56-48(59(45)2)36-20-22-55-27-36/h3-4,6-12,14-18,20,24,28,32,42-44,55,62H,5,13,19,21-23,25-27,29-31H2,1-2H3,(H,57,64)(H,58,65)/t32-,42+,43-,44-,52+/m0/s1. The number of aliphatic hydroxyl groups is 1. The molecule has 348 valence electrons. The summed E-state index contributed by atoms with van der Waals surface area (Å²) in [5, 5.41) is 20.9. The van der Waals surface area contributed by atoms with Crippen LogP contribution in [0.15, 0.2) is 103 Å². The van der Waals surface area contributed by atoms with Gasteiger partial charge in [0.05, 0.1) is 36.5 Å². The average Bonchev–Trinajstić information content (AvgIpc) is 4.11. The summed E-state index contributed by atoms with van der Waals surface area (Å²) in [4.78, 5) is 67.0. The van der Waals surface area contributed by atoms with Crippen molar-refractivity contribution < 1.29 is 29.0 Å². The first-order chi connectivity index (χ1) is 32.4. The number of benzene rings is 4. The highest BCUT2D eigenvalue weighted by Gasteiger charge is 2.45. The first kappa shape index (κ1) is 46.1. The minimum Gasteiger partial charge on any atom is -0.457 e. The average molecular weight is 945 g/mol. The zero-order valence-corrected chi connectivity index (χ0v) is 39.2. The molecule has 5 atom stereocenters. The van der Waals surface area contributed by atoms with E-state index in [1.54, 1.807) is 42.2 Å². The number of halogens is 2. The summed E-state index contributed by atoms with van der Waals surface area (Å²) >= 11 is 12.8. The van der Waals surface area contributed by atoms with Gasteiger partial charge in [0.25, 0.3) is 0 Å². The molecule has 2 bridgehead atoms. The molecule has 67 heavy (non-hydrogen) atoms. The van der Waals surface area contributed by atoms with Gasteiger partial charge in [0.15, 0.2) is 0 Å². The number of hydrogen-bond acceptors (Lipinski definition) is 8. The number of aliphatic hydroxyl groups excluding tert-OH is 1. The van der Waals surface area contributed by atoms with E-state index in [1.165, 1.54) is 4.90 Å². The third kappa shape index (κ3) is 9.87. The lowest BCUT2D eigenvalue weighted by Gasteiger charge is -2.46. The highest BCUT2D eigenvalue weighted by atomic mass is 35.5. The lowest BCUT2D eigenvalue weighted by Crippen LogP contribution is -2.65. The Morgan fingerprint density at radius 3 is 2.46 bits per heavy atom. The number of carbonyl (C=O) groups excluding carboxylic acids is 4. The van der Waals surface area contributed by atoms with Crippen LogP contribution in [0.25, 0.3) is 16.8 Å². The van der Waals surface area contributed by atoms with Crippen LogP contribution >= 0.6 is 23.2 Å². The van der Waals surface area contributed by atoms with Crippen LogP contribution in [0.4, 0.5) is 0 Å². The molecule has 2 fully saturated rings. The van der Waals surface area contributed by atoms with Gasteiger partial charge in [-0.1, -0.05) is 71.7 Å². The second-order valence-corrected chi connectivity index (χ2v) is 19.2. The molecule has 1 aliphatic carbocycles. The van der Waals surface area contributed by atoms with Crippen molar-refractivity contribution >= 4 is 52.4 Å². The molecule has 0 saturated carbocycles. The minimum atomic E-state index is -1.34. The molecule has 4 amide bonds. The van der Waals surface area contributed by atoms with Crippen molar-refractivity contribution in [2.45, 2.75) is 75.5 Å². The van der Waals surface area contributed by atoms with Crippen LogP contribution in [0.1, 0.15) is 66.6 Å². The maximum Gasteiger partial charge on any atom is 0.245 e. The Balaban J connectivity index is 1.04. The summed E-state index contributed by atoms with van der Waals surface area (Å²) in [6.07, 6.45) is 6.81. The number of fused-ring (bicyclic) bond motifs is 3. The Morgan fingerprint density at radius 2 is 1.70 bits per heavy atom. The van der Waals surface area contributed by atoms with E-state index in [0.717, 1.165) is 58.9 Å². The largest absolute Gasteiger partial charge is 0.457 e. The van der Waals surface area contributed by atoms with Crippen molar-refractivity contribution in [3.05, 3.63) is 141 Å². The SMILES string of the molecule is C[C@H]1C(=O)N[C@@H](CO)C(=O)N[C@@]2(Cc3ccc(Cl)cc3)CCCN(C2)C(=O)[C@H]([C@@H]2CCc3ccccc32)CC(=O)N1Cc1ccc(Cl)cc1Oc1ccc(-c2cnc(C3=CCNC3)n2C)cc1. The summed E-state index contributed by atoms with van der Waals surface area (Å²) in [6.45, 7) is 3.02. The van der Waals surface area contributed by atoms with Crippen molar-refractivity contribution in [3.63, 3.8) is 0 Å². The number of aryl methyl sites for hydroxylation is 1. The fourth-order valence-corrected chi connectivity index (χ4v) is 10.6. The van der Waals surface area contributed by atoms with Crippen LogP contribution in [-0.2, 0) is 45.6 Å². The van der Waals surface area contributed by atoms with E-state index in [2.05, 4.69) is 37.6 Å². The van der Waals surface area contributed by atoms with E-state index in [-0.39, 0.29) is 31.3 Å². The molecule has 4 aliphatic rings. The zero-order valence-electron chi connectivity index (χ0n) is 37.6. The lowest BCUT2D eigenvalue weighted by molar-refractivity contribution is -0.148. The van der Waals surface area contributed by atoms with E-state index in [0.29, 0.717) is 59.3 Å². The topological polar surface area (TPSA) is 158 Å². The van der Waals surface area contributed by atoms with Gasteiger partial charge in [0.2, 0.25) is 23.6 Å². The summed E-state index contributed by atoms with van der Waals surface area (Å²) in [6, 6.07) is 25.7. The molecule has 15 heteroatoms. The minimum absolute atomic E-state index is 0.0907. The number of imidazole rings is 1. The Kier molecular flexibility index (Phi) is 13.6. The van der Waals surface area contributed by atoms with Crippen LogP contribution < -0.4 is 20.7 Å². The number of piperidine rings is 1. The molecular formula is C52H55Cl2N7O6. The molecule has 0 spiro atoms. The van der Waals surface area contributed by atoms with E-state index >= 15 is 9.59 Å². The molecule has 9 rings (SSSR count). The predicted octanol–water partition coefficient (Wildman–Crippen LogP) is 6.84. The molecule has 0 unspecified atom stereocenters. The van der Waals surface area contributed by atoms with Crippen LogP contribution in [0.3, 0.4) is 0 Å². The quantitative estimate of drug-likeness (QED) is 0.119. The fourth-order valence-electron chi connectivity index (χ4n) is 10.3. The van der Waals surface area contributed by atoms with Crippen LogP contribution in [0.2, 0.25) is 10.0 Å². The molecule has 4 N–H and O–H groups in total. The Morgan fingerprint density at radius 1 is 0.925 bits per heavy atom. The molecular weight excluding hydrogens is 890 g/mol. The van der Waals surface area contributed by atoms with Crippen LogP contribution in [0, 0.1) is 5.92 Å². The summed E-state index contributed by atoms with van der Waals surface area (Å²) < 4.78 is 8.57. The van der Waals surface area contributed by atoms with Crippen molar-refractivity contribution in [3.8, 4) is 22.8 Å². The summed E-state index contributed by atoms with van der Waals surface area (Å²) in [7, 11) is 1.99. The Hall–Kier alpha value is -5.99. The van der Waals surface area contributed by atoms with Crippen LogP contribution in [-0.4, -0.2) is 98.5 Å². The number of nitrogens with zero attached hydrogens (tertiary/aromatic N) is 4. The van der Waals surface area contributed by atoms with E-state index in [4.69, 9.17) is 27.9 Å². The van der Waals surface area contributed by atoms with Gasteiger partial charge in [0, 0.05) is 66.4 Å². The van der Waals surface area contributed by atoms with E-state index in [1.807, 2.05) is 67.8 Å². The van der Waals surface area contributed by atoms with Gasteiger partial charge in [0.1, 0.15) is 29.4 Å².